The van der Waals surface area contributed by atoms with Gasteiger partial charge >= 0.3 is 0 Å². The molecule has 1 aliphatic heterocycles. The van der Waals surface area contributed by atoms with Crippen LogP contribution >= 0.6 is 15.9 Å². The van der Waals surface area contributed by atoms with E-state index >= 15 is 0 Å². The highest BCUT2D eigenvalue weighted by molar-refractivity contribution is 9.10. The Hall–Kier alpha value is -3.38. The summed E-state index contributed by atoms with van der Waals surface area (Å²) in [5.41, 5.74) is 2.43. The van der Waals surface area contributed by atoms with E-state index in [0.29, 0.717) is 28.3 Å². The molecular formula is C23H17BrN2O3. The summed E-state index contributed by atoms with van der Waals surface area (Å²) in [5, 5.41) is 3.15. The number of methoxy groups -OCH3 is 1. The Bertz CT molecular complexity index is 1110. The number of nitrogens with one attached hydrogen (secondary N) is 1. The van der Waals surface area contributed by atoms with Crippen LogP contribution in [-0.4, -0.2) is 18.9 Å². The number of ether oxygens (including phenoxy) is 1. The second-order valence-corrected chi connectivity index (χ2v) is 7.31. The molecule has 3 aromatic carbocycles. The van der Waals surface area contributed by atoms with E-state index in [1.165, 1.54) is 4.90 Å². The van der Waals surface area contributed by atoms with Gasteiger partial charge in [-0.1, -0.05) is 52.3 Å². The molecule has 29 heavy (non-hydrogen) atoms. The fourth-order valence-electron chi connectivity index (χ4n) is 3.19. The molecule has 0 spiro atoms. The van der Waals surface area contributed by atoms with Crippen LogP contribution in [0.5, 0.6) is 5.75 Å². The summed E-state index contributed by atoms with van der Waals surface area (Å²) in [6.07, 6.45) is 0. The third kappa shape index (κ3) is 3.67. The molecule has 5 nitrogen and oxygen atoms in total. The van der Waals surface area contributed by atoms with Gasteiger partial charge in [0.1, 0.15) is 11.4 Å². The van der Waals surface area contributed by atoms with Gasteiger partial charge in [0.05, 0.1) is 18.4 Å². The van der Waals surface area contributed by atoms with Gasteiger partial charge in [-0.3, -0.25) is 9.59 Å². The maximum atomic E-state index is 13.3. The van der Waals surface area contributed by atoms with E-state index in [2.05, 4.69) is 21.2 Å². The number of carbonyl (C=O) groups is 2. The van der Waals surface area contributed by atoms with Crippen molar-refractivity contribution < 1.29 is 14.3 Å². The summed E-state index contributed by atoms with van der Waals surface area (Å²) in [7, 11) is 1.58. The molecule has 0 aromatic heterocycles. The molecule has 0 fully saturated rings. The van der Waals surface area contributed by atoms with Gasteiger partial charge in [-0.2, -0.15) is 0 Å². The lowest BCUT2D eigenvalue weighted by Gasteiger charge is -2.15. The number of benzene rings is 3. The minimum Gasteiger partial charge on any atom is -0.497 e. The molecule has 1 heterocycles. The summed E-state index contributed by atoms with van der Waals surface area (Å²) in [6, 6.07) is 23.4. The highest BCUT2D eigenvalue weighted by Gasteiger charge is 2.40. The monoisotopic (exact) mass is 448 g/mol. The fourth-order valence-corrected chi connectivity index (χ4v) is 3.59. The SMILES string of the molecule is COc1ccc(C2=C(Nc3cccc(Br)c3)C(=O)N(c3ccccc3)C2=O)cc1. The normalized spacial score (nSPS) is 13.8. The average Bonchev–Trinajstić information content (AvgIpc) is 2.98. The summed E-state index contributed by atoms with van der Waals surface area (Å²) >= 11 is 3.43. The first-order chi connectivity index (χ1) is 14.1. The van der Waals surface area contributed by atoms with E-state index in [4.69, 9.17) is 4.74 Å². The lowest BCUT2D eigenvalue weighted by molar-refractivity contribution is -0.120. The molecule has 144 valence electrons. The highest BCUT2D eigenvalue weighted by Crippen LogP contribution is 2.34. The van der Waals surface area contributed by atoms with Crippen LogP contribution in [0.4, 0.5) is 11.4 Å². The highest BCUT2D eigenvalue weighted by atomic mass is 79.9. The van der Waals surface area contributed by atoms with Gasteiger partial charge in [-0.05, 0) is 48.0 Å². The van der Waals surface area contributed by atoms with Crippen molar-refractivity contribution in [1.29, 1.82) is 0 Å². The van der Waals surface area contributed by atoms with Gasteiger partial charge < -0.3 is 10.1 Å². The quantitative estimate of drug-likeness (QED) is 0.566. The molecule has 0 bridgehead atoms. The fraction of sp³-hybridized carbons (Fsp3) is 0.0435. The summed E-state index contributed by atoms with van der Waals surface area (Å²) in [6.45, 7) is 0. The standard InChI is InChI=1S/C23H17BrN2O3/c1-29-19-12-10-15(11-13-19)20-21(25-17-7-5-6-16(24)14-17)23(28)26(22(20)27)18-8-3-2-4-9-18/h2-14,25H,1H3. The van der Waals surface area contributed by atoms with Gasteiger partial charge in [0.25, 0.3) is 11.8 Å². The molecule has 0 saturated carbocycles. The Morgan fingerprint density at radius 1 is 0.862 bits per heavy atom. The Balaban J connectivity index is 1.82. The van der Waals surface area contributed by atoms with Crippen LogP contribution in [0.1, 0.15) is 5.56 Å². The van der Waals surface area contributed by atoms with Crippen molar-refractivity contribution in [1.82, 2.24) is 0 Å². The lowest BCUT2D eigenvalue weighted by atomic mass is 10.0. The van der Waals surface area contributed by atoms with Crippen molar-refractivity contribution >= 4 is 44.7 Å². The van der Waals surface area contributed by atoms with Crippen molar-refractivity contribution in [2.45, 2.75) is 0 Å². The van der Waals surface area contributed by atoms with Crippen molar-refractivity contribution in [2.24, 2.45) is 0 Å². The van der Waals surface area contributed by atoms with E-state index in [-0.39, 0.29) is 11.6 Å². The van der Waals surface area contributed by atoms with Crippen molar-refractivity contribution in [2.75, 3.05) is 17.3 Å². The third-order valence-electron chi connectivity index (χ3n) is 4.57. The van der Waals surface area contributed by atoms with Crippen LogP contribution in [0, 0.1) is 0 Å². The van der Waals surface area contributed by atoms with Crippen molar-refractivity contribution in [3.05, 3.63) is 94.6 Å². The van der Waals surface area contributed by atoms with Crippen LogP contribution in [0.25, 0.3) is 5.57 Å². The first-order valence-corrected chi connectivity index (χ1v) is 9.73. The minimum atomic E-state index is -0.396. The van der Waals surface area contributed by atoms with E-state index < -0.39 is 5.91 Å². The number of anilines is 2. The van der Waals surface area contributed by atoms with Crippen LogP contribution in [0.15, 0.2) is 89.0 Å². The van der Waals surface area contributed by atoms with Gasteiger partial charge in [0.15, 0.2) is 0 Å². The number of carbonyl (C=O) groups excluding carboxylic acids is 2. The maximum absolute atomic E-state index is 13.3. The molecule has 2 amide bonds. The van der Waals surface area contributed by atoms with Crippen LogP contribution in [0.3, 0.4) is 0 Å². The number of amides is 2. The Labute approximate surface area is 176 Å². The van der Waals surface area contributed by atoms with Crippen LogP contribution in [-0.2, 0) is 9.59 Å². The number of halogens is 1. The molecule has 6 heteroatoms. The first kappa shape index (κ1) is 19.0. The smallest absolute Gasteiger partial charge is 0.282 e. The number of hydrogen-bond donors (Lipinski definition) is 1. The first-order valence-electron chi connectivity index (χ1n) is 8.93. The van der Waals surface area contributed by atoms with Gasteiger partial charge in [-0.25, -0.2) is 4.90 Å². The third-order valence-corrected chi connectivity index (χ3v) is 5.06. The molecule has 1 aliphatic rings. The Morgan fingerprint density at radius 2 is 1.59 bits per heavy atom. The molecule has 0 unspecified atom stereocenters. The average molecular weight is 449 g/mol. The number of hydrogen-bond acceptors (Lipinski definition) is 4. The van der Waals surface area contributed by atoms with Crippen LogP contribution < -0.4 is 15.0 Å². The lowest BCUT2D eigenvalue weighted by Crippen LogP contribution is -2.32. The number of rotatable bonds is 5. The maximum Gasteiger partial charge on any atom is 0.282 e. The van der Waals surface area contributed by atoms with Crippen molar-refractivity contribution in [3.8, 4) is 5.75 Å². The summed E-state index contributed by atoms with van der Waals surface area (Å²) in [5.74, 6) is -0.0941. The molecule has 0 atom stereocenters. The molecule has 0 aliphatic carbocycles. The molecule has 1 N–H and O–H groups in total. The predicted molar refractivity (Wildman–Crippen MR) is 117 cm³/mol. The molecule has 0 saturated heterocycles. The van der Waals surface area contributed by atoms with E-state index in [0.717, 1.165) is 4.47 Å². The molecule has 0 radical (unpaired) electrons. The molecule has 3 aromatic rings. The number of imide groups is 1. The Morgan fingerprint density at radius 3 is 2.24 bits per heavy atom. The molecule has 4 rings (SSSR count). The minimum absolute atomic E-state index is 0.238. The van der Waals surface area contributed by atoms with Gasteiger partial charge in [0.2, 0.25) is 0 Å². The Kier molecular flexibility index (Phi) is 5.18. The largest absolute Gasteiger partial charge is 0.497 e. The van der Waals surface area contributed by atoms with Crippen molar-refractivity contribution in [3.63, 3.8) is 0 Å². The number of nitrogens with zero attached hydrogens (tertiary/aromatic N) is 1. The zero-order valence-corrected chi connectivity index (χ0v) is 17.1. The van der Waals surface area contributed by atoms with Crippen LogP contribution in [0.2, 0.25) is 0 Å². The molecular weight excluding hydrogens is 432 g/mol. The van der Waals surface area contributed by atoms with Gasteiger partial charge in [0, 0.05) is 10.2 Å². The second kappa shape index (κ2) is 7.93. The van der Waals surface area contributed by atoms with E-state index in [1.54, 1.807) is 55.6 Å². The van der Waals surface area contributed by atoms with Gasteiger partial charge in [-0.15, -0.1) is 0 Å². The predicted octanol–water partition coefficient (Wildman–Crippen LogP) is 4.85. The van der Waals surface area contributed by atoms with E-state index in [1.807, 2.05) is 30.3 Å². The second-order valence-electron chi connectivity index (χ2n) is 6.40. The zero-order chi connectivity index (χ0) is 20.4. The van der Waals surface area contributed by atoms with E-state index in [9.17, 15) is 9.59 Å². The topological polar surface area (TPSA) is 58.6 Å². The summed E-state index contributed by atoms with van der Waals surface area (Å²) in [4.78, 5) is 27.8. The zero-order valence-electron chi connectivity index (χ0n) is 15.6. The summed E-state index contributed by atoms with van der Waals surface area (Å²) < 4.78 is 6.07. The number of para-hydroxylation sites is 1.